The van der Waals surface area contributed by atoms with Crippen LogP contribution in [0.2, 0.25) is 0 Å². The monoisotopic (exact) mass is 536 g/mol. The second-order valence-corrected chi connectivity index (χ2v) is 6.39. The number of pyridine rings is 1. The van der Waals surface area contributed by atoms with Gasteiger partial charge in [-0.05, 0) is 22.1 Å². The molecule has 140 valence electrons. The summed E-state index contributed by atoms with van der Waals surface area (Å²) in [5, 5.41) is 5.03. The van der Waals surface area contributed by atoms with E-state index < -0.39 is 0 Å². The number of nitrogens with one attached hydrogen (secondary N) is 1. The second kappa shape index (κ2) is 15.4. The van der Waals surface area contributed by atoms with Crippen molar-refractivity contribution >= 4 is 69.2 Å². The molecule has 0 bridgehead atoms. The predicted octanol–water partition coefficient (Wildman–Crippen LogP) is 7.07. The molecule has 0 saturated heterocycles. The Morgan fingerprint density at radius 2 is 1.52 bits per heavy atom. The molecular formula is C18H25BrCl2N2SiZr-4. The zero-order valence-corrected chi connectivity index (χ0v) is 21.9. The third kappa shape index (κ3) is 11.6. The molecule has 0 atom stereocenters. The third-order valence-corrected chi connectivity index (χ3v) is 2.90. The van der Waals surface area contributed by atoms with Crippen molar-refractivity contribution in [3.8, 4) is 0 Å². The molecule has 0 saturated carbocycles. The first-order chi connectivity index (χ1) is 9.84. The quantitative estimate of drug-likeness (QED) is 0.171. The first-order valence-corrected chi connectivity index (χ1v) is 11.4. The molecule has 0 aliphatic heterocycles. The minimum absolute atomic E-state index is 0. The Kier molecular flexibility index (Phi) is 20.3. The molecule has 1 N–H and O–H groups in total. The van der Waals surface area contributed by atoms with E-state index in [1.54, 1.807) is 0 Å². The Labute approximate surface area is 190 Å². The van der Waals surface area contributed by atoms with E-state index in [2.05, 4.69) is 64.2 Å². The van der Waals surface area contributed by atoms with Crippen LogP contribution < -0.4 is 0 Å². The van der Waals surface area contributed by atoms with E-state index in [9.17, 15) is 0 Å². The van der Waals surface area contributed by atoms with Crippen LogP contribution in [0.1, 0.15) is 20.8 Å². The average molecular weight is 540 g/mol. The number of halogens is 3. The molecule has 2 nitrogen and oxygen atoms in total. The van der Waals surface area contributed by atoms with E-state index in [1.807, 2.05) is 27.0 Å². The van der Waals surface area contributed by atoms with Gasteiger partial charge in [0.05, 0.1) is 4.60 Å². The molecule has 2 radical (unpaired) electrons. The molecule has 0 fully saturated rings. The summed E-state index contributed by atoms with van der Waals surface area (Å²) in [6, 6.07) is 12.6. The van der Waals surface area contributed by atoms with Gasteiger partial charge in [-0.3, -0.25) is 4.98 Å². The van der Waals surface area contributed by atoms with Crippen LogP contribution in [0.15, 0.2) is 47.2 Å². The summed E-state index contributed by atoms with van der Waals surface area (Å²) in [6.07, 6.45) is 1.92. The van der Waals surface area contributed by atoms with Gasteiger partial charge in [-0.15, -0.1) is 58.6 Å². The van der Waals surface area contributed by atoms with Gasteiger partial charge in [-0.1, -0.05) is 50.4 Å². The summed E-state index contributed by atoms with van der Waals surface area (Å²) >= 11 is 4.73. The zero-order chi connectivity index (χ0) is 16.0. The number of fused-ring (bicyclic) bond motifs is 3. The zero-order valence-electron chi connectivity index (χ0n) is 15.2. The van der Waals surface area contributed by atoms with Gasteiger partial charge in [0.15, 0.2) is 0 Å². The van der Waals surface area contributed by atoms with Gasteiger partial charge in [-0.2, -0.15) is 0 Å². The van der Waals surface area contributed by atoms with Crippen LogP contribution in [0.25, 0.3) is 27.3 Å². The number of benzene rings is 1. The van der Waals surface area contributed by atoms with E-state index in [0.29, 0.717) is 0 Å². The van der Waals surface area contributed by atoms with Gasteiger partial charge in [0, 0.05) is 0 Å². The summed E-state index contributed by atoms with van der Waals surface area (Å²) < 4.78 is 0.889. The molecular weight excluding hydrogens is 514 g/mol. The van der Waals surface area contributed by atoms with E-state index >= 15 is 0 Å². The molecule has 0 spiro atoms. The molecule has 25 heavy (non-hydrogen) atoms. The second-order valence-electron chi connectivity index (χ2n) is 5.58. The van der Waals surface area contributed by atoms with Gasteiger partial charge >= 0.3 is 30.2 Å². The van der Waals surface area contributed by atoms with Gasteiger partial charge < -0.3 is 20.6 Å². The number of rotatable bonds is 0. The van der Waals surface area contributed by atoms with Crippen molar-refractivity contribution < 1.29 is 23.3 Å². The van der Waals surface area contributed by atoms with Crippen molar-refractivity contribution in [1.82, 2.24) is 4.98 Å². The predicted molar refractivity (Wildman–Crippen MR) is 120 cm³/mol. The fourth-order valence-electron chi connectivity index (χ4n) is 1.82. The van der Waals surface area contributed by atoms with E-state index in [4.69, 9.17) is 5.73 Å². The molecule has 3 rings (SSSR count). The van der Waals surface area contributed by atoms with Crippen molar-refractivity contribution in [3.05, 3.63) is 67.8 Å². The Morgan fingerprint density at radius 3 is 2.04 bits per heavy atom. The normalized spacial score (nSPS) is 8.80. The Balaban J connectivity index is -0.000000178. The summed E-state index contributed by atoms with van der Waals surface area (Å²) in [5.41, 5.74) is 6.69. The maximum absolute atomic E-state index is 6.94. The van der Waals surface area contributed by atoms with Gasteiger partial charge in [0.1, 0.15) is 0 Å². The van der Waals surface area contributed by atoms with Crippen molar-refractivity contribution in [2.75, 3.05) is 0 Å². The first-order valence-electron chi connectivity index (χ1n) is 6.44. The van der Waals surface area contributed by atoms with Crippen molar-refractivity contribution in [3.63, 3.8) is 0 Å². The minimum atomic E-state index is -0.250. The van der Waals surface area contributed by atoms with Crippen LogP contribution in [0.5, 0.6) is 0 Å². The van der Waals surface area contributed by atoms with Gasteiger partial charge in [-0.25, -0.2) is 0 Å². The van der Waals surface area contributed by atoms with Crippen LogP contribution in [-0.4, -0.2) is 17.4 Å². The average Bonchev–Trinajstić information content (AvgIpc) is 2.76. The molecule has 1 heterocycles. The molecule has 2 aromatic carbocycles. The molecule has 0 amide bonds. The van der Waals surface area contributed by atoms with Crippen LogP contribution in [0, 0.1) is 14.9 Å². The van der Waals surface area contributed by atoms with E-state index in [1.165, 1.54) is 44.9 Å². The van der Waals surface area contributed by atoms with Crippen molar-refractivity contribution in [2.45, 2.75) is 26.3 Å². The fourth-order valence-corrected chi connectivity index (χ4v) is 2.17. The molecule has 0 unspecified atom stereocenters. The fraction of sp³-hybridized carbons (Fsp3) is 0.222. The number of hydrogen-bond acceptors (Lipinski definition) is 1. The van der Waals surface area contributed by atoms with Crippen LogP contribution in [0.3, 0.4) is 0 Å². The van der Waals surface area contributed by atoms with Crippen LogP contribution in [0.4, 0.5) is 0 Å². The first kappa shape index (κ1) is 33.0. The molecule has 0 aliphatic rings. The summed E-state index contributed by atoms with van der Waals surface area (Å²) in [6.45, 7) is 8.62. The Hall–Kier alpha value is 0.360. The van der Waals surface area contributed by atoms with Gasteiger partial charge in [0.2, 0.25) is 0 Å². The molecule has 0 aliphatic carbocycles. The maximum atomic E-state index is 6.94. The van der Waals surface area contributed by atoms with Crippen molar-refractivity contribution in [1.29, 1.82) is 0 Å². The number of hydrogen-bond donors (Lipinski definition) is 0. The van der Waals surface area contributed by atoms with Gasteiger partial charge in [0.25, 0.3) is 0 Å². The Bertz CT molecular complexity index is 724. The summed E-state index contributed by atoms with van der Waals surface area (Å²) in [7, 11) is 0. The topological polar surface area (TPSA) is 36.7 Å². The van der Waals surface area contributed by atoms with Crippen LogP contribution in [-0.2, 0) is 23.3 Å². The van der Waals surface area contributed by atoms with Crippen molar-refractivity contribution in [2.24, 2.45) is 0 Å². The SMILES string of the molecule is Brc1cc2[cH-]c3ccccc3c2cn1.CC(C)(C)[NH-].Cl.Cl.[CH3-].[CH3-].[Si]=[Zr]. The Morgan fingerprint density at radius 1 is 1.04 bits per heavy atom. The number of nitrogens with zero attached hydrogens (tertiary/aromatic N) is 1. The standard InChI is InChI=1S/C12H7BrN.C4H10N.2CH3.2ClH.Si.Zr/c13-12-6-9-5-8-3-1-2-4-10(8)11(9)7-14-12;1-4(2,3)5;;;;;;/h1-7H;5H,1-3H3;2*1H3;2*1H;;/q4*-1;;;;. The molecule has 7 heteroatoms. The van der Waals surface area contributed by atoms with E-state index in [0.717, 1.165) is 4.60 Å². The third-order valence-electron chi connectivity index (χ3n) is 2.46. The number of aromatic nitrogens is 1. The molecule has 3 aromatic rings. The summed E-state index contributed by atoms with van der Waals surface area (Å²) in [4.78, 5) is 4.25. The summed E-state index contributed by atoms with van der Waals surface area (Å²) in [5.74, 6) is 0. The van der Waals surface area contributed by atoms with E-state index in [-0.39, 0.29) is 45.2 Å². The molecule has 1 aromatic heterocycles. The van der Waals surface area contributed by atoms with Crippen LogP contribution >= 0.6 is 40.7 Å².